The minimum absolute atomic E-state index is 0.340. The monoisotopic (exact) mass is 249 g/mol. The van der Waals surface area contributed by atoms with Gasteiger partial charge in [0.25, 0.3) is 0 Å². The SMILES string of the molecule is COc1ccc(OCCC2(CN)CCCC2)cc1. The summed E-state index contributed by atoms with van der Waals surface area (Å²) in [5.74, 6) is 1.76. The van der Waals surface area contributed by atoms with Crippen molar-refractivity contribution in [2.45, 2.75) is 32.1 Å². The molecule has 3 heteroatoms. The fraction of sp³-hybridized carbons (Fsp3) is 0.600. The van der Waals surface area contributed by atoms with Crippen molar-refractivity contribution in [3.8, 4) is 11.5 Å². The first-order valence-electron chi connectivity index (χ1n) is 6.75. The van der Waals surface area contributed by atoms with Crippen molar-refractivity contribution in [1.29, 1.82) is 0 Å². The molecule has 100 valence electrons. The summed E-state index contributed by atoms with van der Waals surface area (Å²) in [5.41, 5.74) is 6.25. The van der Waals surface area contributed by atoms with E-state index >= 15 is 0 Å². The molecule has 1 saturated carbocycles. The van der Waals surface area contributed by atoms with E-state index in [1.807, 2.05) is 24.3 Å². The Balaban J connectivity index is 1.80. The predicted molar refractivity (Wildman–Crippen MR) is 73.1 cm³/mol. The van der Waals surface area contributed by atoms with Crippen LogP contribution in [0.3, 0.4) is 0 Å². The number of ether oxygens (including phenoxy) is 2. The molecule has 0 spiro atoms. The third-order valence-electron chi connectivity index (χ3n) is 4.06. The lowest BCUT2D eigenvalue weighted by Gasteiger charge is -2.26. The fourth-order valence-electron chi connectivity index (χ4n) is 2.74. The van der Waals surface area contributed by atoms with Crippen LogP contribution in [0.5, 0.6) is 11.5 Å². The molecule has 1 aliphatic carbocycles. The second kappa shape index (κ2) is 6.10. The van der Waals surface area contributed by atoms with Crippen molar-refractivity contribution < 1.29 is 9.47 Å². The molecular formula is C15H23NO2. The smallest absolute Gasteiger partial charge is 0.119 e. The molecule has 2 N–H and O–H groups in total. The molecule has 1 fully saturated rings. The van der Waals surface area contributed by atoms with Gasteiger partial charge in [0.2, 0.25) is 0 Å². The summed E-state index contributed by atoms with van der Waals surface area (Å²) < 4.78 is 10.9. The van der Waals surface area contributed by atoms with Crippen molar-refractivity contribution in [1.82, 2.24) is 0 Å². The van der Waals surface area contributed by atoms with Gasteiger partial charge < -0.3 is 15.2 Å². The lowest BCUT2D eigenvalue weighted by Crippen LogP contribution is -2.29. The van der Waals surface area contributed by atoms with Crippen LogP contribution in [-0.2, 0) is 0 Å². The first-order valence-corrected chi connectivity index (χ1v) is 6.75. The van der Waals surface area contributed by atoms with Gasteiger partial charge in [0.1, 0.15) is 11.5 Å². The molecular weight excluding hydrogens is 226 g/mol. The van der Waals surface area contributed by atoms with Crippen molar-refractivity contribution in [2.24, 2.45) is 11.1 Å². The van der Waals surface area contributed by atoms with Crippen molar-refractivity contribution in [2.75, 3.05) is 20.3 Å². The third kappa shape index (κ3) is 3.16. The number of hydrogen-bond donors (Lipinski definition) is 1. The van der Waals surface area contributed by atoms with Crippen LogP contribution in [0.2, 0.25) is 0 Å². The Morgan fingerprint density at radius 3 is 2.28 bits per heavy atom. The fourth-order valence-corrected chi connectivity index (χ4v) is 2.74. The van der Waals surface area contributed by atoms with Crippen molar-refractivity contribution in [3.05, 3.63) is 24.3 Å². The van der Waals surface area contributed by atoms with E-state index in [1.54, 1.807) is 7.11 Å². The molecule has 0 aromatic heterocycles. The van der Waals surface area contributed by atoms with Gasteiger partial charge >= 0.3 is 0 Å². The van der Waals surface area contributed by atoms with Crippen LogP contribution in [0, 0.1) is 5.41 Å². The highest BCUT2D eigenvalue weighted by atomic mass is 16.5. The van der Waals surface area contributed by atoms with Gasteiger partial charge in [-0.2, -0.15) is 0 Å². The molecule has 1 aliphatic rings. The molecule has 0 amide bonds. The average molecular weight is 249 g/mol. The summed E-state index contributed by atoms with van der Waals surface area (Å²) >= 11 is 0. The van der Waals surface area contributed by atoms with E-state index in [9.17, 15) is 0 Å². The summed E-state index contributed by atoms with van der Waals surface area (Å²) in [5, 5.41) is 0. The molecule has 0 saturated heterocycles. The van der Waals surface area contributed by atoms with Crippen LogP contribution in [0.15, 0.2) is 24.3 Å². The Bertz CT molecular complexity index is 355. The van der Waals surface area contributed by atoms with Crippen LogP contribution < -0.4 is 15.2 Å². The van der Waals surface area contributed by atoms with Crippen molar-refractivity contribution >= 4 is 0 Å². The normalized spacial score (nSPS) is 17.7. The Labute approximate surface area is 109 Å². The topological polar surface area (TPSA) is 44.5 Å². The van der Waals surface area contributed by atoms with Gasteiger partial charge in [0.05, 0.1) is 13.7 Å². The predicted octanol–water partition coefficient (Wildman–Crippen LogP) is 2.98. The molecule has 1 aromatic rings. The van der Waals surface area contributed by atoms with E-state index in [2.05, 4.69) is 0 Å². The van der Waals surface area contributed by atoms with E-state index in [4.69, 9.17) is 15.2 Å². The Kier molecular flexibility index (Phi) is 4.48. The first-order chi connectivity index (χ1) is 8.78. The van der Waals surface area contributed by atoms with Crippen LogP contribution in [-0.4, -0.2) is 20.3 Å². The molecule has 0 unspecified atom stereocenters. The number of benzene rings is 1. The number of rotatable bonds is 6. The molecule has 0 heterocycles. The molecule has 3 nitrogen and oxygen atoms in total. The van der Waals surface area contributed by atoms with E-state index in [0.29, 0.717) is 5.41 Å². The van der Waals surface area contributed by atoms with E-state index in [-0.39, 0.29) is 0 Å². The minimum atomic E-state index is 0.340. The van der Waals surface area contributed by atoms with Gasteiger partial charge in [-0.1, -0.05) is 12.8 Å². The summed E-state index contributed by atoms with van der Waals surface area (Å²) in [6.45, 7) is 1.54. The Morgan fingerprint density at radius 2 is 1.72 bits per heavy atom. The van der Waals surface area contributed by atoms with Crippen LogP contribution >= 0.6 is 0 Å². The molecule has 0 aliphatic heterocycles. The molecule has 0 bridgehead atoms. The first kappa shape index (κ1) is 13.2. The average Bonchev–Trinajstić information content (AvgIpc) is 2.89. The maximum atomic E-state index is 5.91. The molecule has 0 radical (unpaired) electrons. The maximum Gasteiger partial charge on any atom is 0.119 e. The van der Waals surface area contributed by atoms with E-state index in [1.165, 1.54) is 25.7 Å². The van der Waals surface area contributed by atoms with E-state index < -0.39 is 0 Å². The van der Waals surface area contributed by atoms with Crippen LogP contribution in [0.1, 0.15) is 32.1 Å². The minimum Gasteiger partial charge on any atom is -0.497 e. The summed E-state index contributed by atoms with van der Waals surface area (Å²) in [6.07, 6.45) is 6.22. The zero-order valence-corrected chi connectivity index (χ0v) is 11.2. The summed E-state index contributed by atoms with van der Waals surface area (Å²) in [7, 11) is 1.67. The summed E-state index contributed by atoms with van der Waals surface area (Å²) in [4.78, 5) is 0. The second-order valence-corrected chi connectivity index (χ2v) is 5.19. The van der Waals surface area contributed by atoms with Gasteiger partial charge in [-0.15, -0.1) is 0 Å². The maximum absolute atomic E-state index is 5.91. The Hall–Kier alpha value is -1.22. The van der Waals surface area contributed by atoms with Gasteiger partial charge in [0.15, 0.2) is 0 Å². The highest BCUT2D eigenvalue weighted by molar-refractivity contribution is 5.31. The molecule has 18 heavy (non-hydrogen) atoms. The number of hydrogen-bond acceptors (Lipinski definition) is 3. The third-order valence-corrected chi connectivity index (χ3v) is 4.06. The van der Waals surface area contributed by atoms with Gasteiger partial charge in [-0.05, 0) is 55.5 Å². The summed E-state index contributed by atoms with van der Waals surface area (Å²) in [6, 6.07) is 7.73. The van der Waals surface area contributed by atoms with E-state index in [0.717, 1.165) is 31.1 Å². The highest BCUT2D eigenvalue weighted by Crippen LogP contribution is 2.40. The second-order valence-electron chi connectivity index (χ2n) is 5.19. The zero-order chi connectivity index (χ0) is 12.8. The lowest BCUT2D eigenvalue weighted by atomic mass is 9.83. The highest BCUT2D eigenvalue weighted by Gasteiger charge is 2.31. The van der Waals surface area contributed by atoms with Crippen molar-refractivity contribution in [3.63, 3.8) is 0 Å². The quantitative estimate of drug-likeness (QED) is 0.843. The Morgan fingerprint density at radius 1 is 1.11 bits per heavy atom. The number of methoxy groups -OCH3 is 1. The van der Waals surface area contributed by atoms with Gasteiger partial charge in [-0.3, -0.25) is 0 Å². The van der Waals surface area contributed by atoms with Gasteiger partial charge in [0, 0.05) is 0 Å². The van der Waals surface area contributed by atoms with Crippen LogP contribution in [0.4, 0.5) is 0 Å². The molecule has 0 atom stereocenters. The molecule has 2 rings (SSSR count). The van der Waals surface area contributed by atoms with Crippen LogP contribution in [0.25, 0.3) is 0 Å². The lowest BCUT2D eigenvalue weighted by molar-refractivity contribution is 0.204. The molecule has 1 aromatic carbocycles. The largest absolute Gasteiger partial charge is 0.497 e. The standard InChI is InChI=1S/C15H23NO2/c1-17-13-4-6-14(7-5-13)18-11-10-15(12-16)8-2-3-9-15/h4-7H,2-3,8-12,16H2,1H3. The van der Waals surface area contributed by atoms with Gasteiger partial charge in [-0.25, -0.2) is 0 Å². The zero-order valence-electron chi connectivity index (χ0n) is 11.2. The number of nitrogens with two attached hydrogens (primary N) is 1.